The van der Waals surface area contributed by atoms with Gasteiger partial charge in [-0.25, -0.2) is 0 Å². The molecule has 1 fully saturated rings. The summed E-state index contributed by atoms with van der Waals surface area (Å²) in [5.41, 5.74) is 7.62. The molecule has 1 saturated carbocycles. The summed E-state index contributed by atoms with van der Waals surface area (Å²) >= 11 is 0. The fourth-order valence-corrected chi connectivity index (χ4v) is 2.98. The van der Waals surface area contributed by atoms with Crippen LogP contribution < -0.4 is 15.8 Å². The topological polar surface area (TPSA) is 67.5 Å². The van der Waals surface area contributed by atoms with E-state index in [1.165, 1.54) is 19.3 Å². The van der Waals surface area contributed by atoms with E-state index in [0.29, 0.717) is 5.69 Å². The van der Waals surface area contributed by atoms with Gasteiger partial charge in [-0.05, 0) is 38.8 Å². The van der Waals surface area contributed by atoms with Crippen molar-refractivity contribution in [2.24, 2.45) is 5.41 Å². The molecule has 0 atom stereocenters. The SMILES string of the molecule is CC(C)Oc1cc(NCC2(CO)CCCCC2)ccc1N. The fourth-order valence-electron chi connectivity index (χ4n) is 2.98. The van der Waals surface area contributed by atoms with Crippen LogP contribution in [0.1, 0.15) is 46.0 Å². The number of aliphatic hydroxyl groups excluding tert-OH is 1. The molecule has 1 aliphatic carbocycles. The van der Waals surface area contributed by atoms with Gasteiger partial charge in [0.15, 0.2) is 0 Å². The third-order valence-electron chi connectivity index (χ3n) is 4.29. The van der Waals surface area contributed by atoms with Crippen molar-refractivity contribution in [3.8, 4) is 5.75 Å². The predicted octanol–water partition coefficient (Wildman–Crippen LogP) is 3.41. The Morgan fingerprint density at radius 1 is 1.29 bits per heavy atom. The first kappa shape index (κ1) is 16.0. The Kier molecular flexibility index (Phi) is 5.34. The van der Waals surface area contributed by atoms with Gasteiger partial charge in [0.2, 0.25) is 0 Å². The van der Waals surface area contributed by atoms with Gasteiger partial charge in [-0.15, -0.1) is 0 Å². The average molecular weight is 292 g/mol. The molecule has 0 bridgehead atoms. The van der Waals surface area contributed by atoms with E-state index in [1.807, 2.05) is 32.0 Å². The van der Waals surface area contributed by atoms with Gasteiger partial charge in [0.1, 0.15) is 5.75 Å². The minimum atomic E-state index is 0.0265. The highest BCUT2D eigenvalue weighted by atomic mass is 16.5. The predicted molar refractivity (Wildman–Crippen MR) is 87.7 cm³/mol. The number of hydrogen-bond donors (Lipinski definition) is 3. The smallest absolute Gasteiger partial charge is 0.144 e. The molecule has 118 valence electrons. The maximum atomic E-state index is 9.75. The van der Waals surface area contributed by atoms with Crippen LogP contribution in [0.2, 0.25) is 0 Å². The zero-order valence-corrected chi connectivity index (χ0v) is 13.2. The highest BCUT2D eigenvalue weighted by molar-refractivity contribution is 5.61. The monoisotopic (exact) mass is 292 g/mol. The van der Waals surface area contributed by atoms with Crippen molar-refractivity contribution in [2.75, 3.05) is 24.2 Å². The highest BCUT2D eigenvalue weighted by Gasteiger charge is 2.31. The molecule has 21 heavy (non-hydrogen) atoms. The van der Waals surface area contributed by atoms with E-state index in [9.17, 15) is 5.11 Å². The molecule has 0 saturated heterocycles. The summed E-state index contributed by atoms with van der Waals surface area (Å²) in [5, 5.41) is 13.2. The summed E-state index contributed by atoms with van der Waals surface area (Å²) in [5.74, 6) is 0.719. The van der Waals surface area contributed by atoms with Crippen LogP contribution in [-0.2, 0) is 0 Å². The molecule has 2 rings (SSSR count). The van der Waals surface area contributed by atoms with Crippen molar-refractivity contribution < 1.29 is 9.84 Å². The Balaban J connectivity index is 2.02. The van der Waals surface area contributed by atoms with Crippen molar-refractivity contribution in [2.45, 2.75) is 52.1 Å². The van der Waals surface area contributed by atoms with Crippen molar-refractivity contribution in [1.82, 2.24) is 0 Å². The first-order valence-corrected chi connectivity index (χ1v) is 7.96. The van der Waals surface area contributed by atoms with Gasteiger partial charge in [0, 0.05) is 23.7 Å². The Bertz CT molecular complexity index is 454. The first-order chi connectivity index (χ1) is 10.0. The van der Waals surface area contributed by atoms with Crippen molar-refractivity contribution >= 4 is 11.4 Å². The summed E-state index contributed by atoms with van der Waals surface area (Å²) < 4.78 is 5.71. The van der Waals surface area contributed by atoms with Crippen LogP contribution >= 0.6 is 0 Å². The number of anilines is 2. The maximum absolute atomic E-state index is 9.75. The molecule has 0 aromatic heterocycles. The van der Waals surface area contributed by atoms with Crippen LogP contribution in [0.15, 0.2) is 18.2 Å². The Morgan fingerprint density at radius 3 is 2.62 bits per heavy atom. The van der Waals surface area contributed by atoms with Gasteiger partial charge in [-0.3, -0.25) is 0 Å². The molecule has 0 aliphatic heterocycles. The van der Waals surface area contributed by atoms with Crippen LogP contribution in [0.25, 0.3) is 0 Å². The van der Waals surface area contributed by atoms with Crippen LogP contribution in [0.5, 0.6) is 5.75 Å². The zero-order valence-electron chi connectivity index (χ0n) is 13.2. The van der Waals surface area contributed by atoms with Gasteiger partial charge < -0.3 is 20.9 Å². The van der Waals surface area contributed by atoms with E-state index >= 15 is 0 Å². The summed E-state index contributed by atoms with van der Waals surface area (Å²) in [6.45, 7) is 5.03. The van der Waals surface area contributed by atoms with Crippen LogP contribution in [0.3, 0.4) is 0 Å². The molecule has 1 aliphatic rings. The molecule has 0 heterocycles. The number of nitrogens with one attached hydrogen (secondary N) is 1. The van der Waals surface area contributed by atoms with E-state index in [-0.39, 0.29) is 18.1 Å². The Labute approximate surface area is 127 Å². The molecule has 4 nitrogen and oxygen atoms in total. The molecule has 0 unspecified atom stereocenters. The molecule has 4 N–H and O–H groups in total. The van der Waals surface area contributed by atoms with Gasteiger partial charge in [0.25, 0.3) is 0 Å². The standard InChI is InChI=1S/C17H28N2O2/c1-13(2)21-16-10-14(6-7-15(16)18)19-11-17(12-20)8-4-3-5-9-17/h6-7,10,13,19-20H,3-5,8-9,11-12,18H2,1-2H3. The first-order valence-electron chi connectivity index (χ1n) is 7.96. The molecule has 1 aromatic carbocycles. The van der Waals surface area contributed by atoms with E-state index in [2.05, 4.69) is 5.32 Å². The number of rotatable bonds is 6. The molecule has 4 heteroatoms. The highest BCUT2D eigenvalue weighted by Crippen LogP contribution is 2.36. The van der Waals surface area contributed by atoms with E-state index < -0.39 is 0 Å². The minimum Gasteiger partial charge on any atom is -0.489 e. The lowest BCUT2D eigenvalue weighted by Crippen LogP contribution is -2.35. The van der Waals surface area contributed by atoms with Crippen molar-refractivity contribution in [3.63, 3.8) is 0 Å². The molecular formula is C17H28N2O2. The molecule has 0 spiro atoms. The van der Waals surface area contributed by atoms with Crippen molar-refractivity contribution in [1.29, 1.82) is 0 Å². The number of ether oxygens (including phenoxy) is 1. The molecule has 1 aromatic rings. The molecule has 0 amide bonds. The Morgan fingerprint density at radius 2 is 2.00 bits per heavy atom. The number of benzene rings is 1. The van der Waals surface area contributed by atoms with Gasteiger partial charge in [-0.2, -0.15) is 0 Å². The van der Waals surface area contributed by atoms with Gasteiger partial charge in [-0.1, -0.05) is 19.3 Å². The second-order valence-corrected chi connectivity index (χ2v) is 6.49. The number of hydrogen-bond acceptors (Lipinski definition) is 4. The normalized spacial score (nSPS) is 17.7. The maximum Gasteiger partial charge on any atom is 0.144 e. The van der Waals surface area contributed by atoms with E-state index in [1.54, 1.807) is 0 Å². The molecular weight excluding hydrogens is 264 g/mol. The quantitative estimate of drug-likeness (QED) is 0.703. The third-order valence-corrected chi connectivity index (χ3v) is 4.29. The summed E-state index contributed by atoms with van der Waals surface area (Å²) in [4.78, 5) is 0. The summed E-state index contributed by atoms with van der Waals surface area (Å²) in [6.07, 6.45) is 6.01. The van der Waals surface area contributed by atoms with Gasteiger partial charge in [0.05, 0.1) is 18.4 Å². The third kappa shape index (κ3) is 4.27. The summed E-state index contributed by atoms with van der Waals surface area (Å²) in [6, 6.07) is 5.78. The number of nitrogen functional groups attached to an aromatic ring is 1. The molecule has 0 radical (unpaired) electrons. The fraction of sp³-hybridized carbons (Fsp3) is 0.647. The number of aliphatic hydroxyl groups is 1. The zero-order chi connectivity index (χ0) is 15.3. The summed E-state index contributed by atoms with van der Waals surface area (Å²) in [7, 11) is 0. The van der Waals surface area contributed by atoms with Gasteiger partial charge >= 0.3 is 0 Å². The lowest BCUT2D eigenvalue weighted by Gasteiger charge is -2.36. The second-order valence-electron chi connectivity index (χ2n) is 6.49. The average Bonchev–Trinajstić information content (AvgIpc) is 2.48. The van der Waals surface area contributed by atoms with Crippen LogP contribution in [0, 0.1) is 5.41 Å². The lowest BCUT2D eigenvalue weighted by molar-refractivity contribution is 0.0944. The van der Waals surface area contributed by atoms with Crippen LogP contribution in [0.4, 0.5) is 11.4 Å². The number of nitrogens with two attached hydrogens (primary N) is 1. The second kappa shape index (κ2) is 7.03. The van der Waals surface area contributed by atoms with Crippen LogP contribution in [-0.4, -0.2) is 24.4 Å². The van der Waals surface area contributed by atoms with E-state index in [4.69, 9.17) is 10.5 Å². The Hall–Kier alpha value is -1.42. The minimum absolute atomic E-state index is 0.0265. The van der Waals surface area contributed by atoms with Crippen molar-refractivity contribution in [3.05, 3.63) is 18.2 Å². The lowest BCUT2D eigenvalue weighted by atomic mass is 9.74. The largest absolute Gasteiger partial charge is 0.489 e. The van der Waals surface area contributed by atoms with E-state index in [0.717, 1.165) is 30.8 Å².